The van der Waals surface area contributed by atoms with Crippen LogP contribution in [0.25, 0.3) is 0 Å². The molecule has 1 aromatic rings. The second-order valence-corrected chi connectivity index (χ2v) is 4.55. The average Bonchev–Trinajstić information content (AvgIpc) is 2.15. The van der Waals surface area contributed by atoms with Gasteiger partial charge in [-0.3, -0.25) is 4.90 Å². The van der Waals surface area contributed by atoms with Gasteiger partial charge in [0.15, 0.2) is 0 Å². The van der Waals surface area contributed by atoms with E-state index in [9.17, 15) is 0 Å². The highest BCUT2D eigenvalue weighted by Crippen LogP contribution is 2.14. The maximum atomic E-state index is 4.15. The average molecular weight is 206 g/mol. The number of anilines is 1. The lowest BCUT2D eigenvalue weighted by molar-refractivity contribution is 0.143. The third kappa shape index (κ3) is 2.89. The predicted octanol–water partition coefficient (Wildman–Crippen LogP) is 1.23. The van der Waals surface area contributed by atoms with E-state index in [-0.39, 0.29) is 0 Å². The van der Waals surface area contributed by atoms with Gasteiger partial charge in [-0.2, -0.15) is 0 Å². The highest BCUT2D eigenvalue weighted by Gasteiger charge is 2.26. The monoisotopic (exact) mass is 206 g/mol. The quantitative estimate of drug-likeness (QED) is 0.804. The minimum absolute atomic E-state index is 0.554. The molecule has 0 saturated carbocycles. The van der Waals surface area contributed by atoms with E-state index < -0.39 is 0 Å². The molecule has 1 saturated heterocycles. The number of likely N-dealkylation sites (tertiary alicyclic amines) is 1. The van der Waals surface area contributed by atoms with Crippen molar-refractivity contribution in [3.8, 4) is 0 Å². The highest BCUT2D eigenvalue weighted by molar-refractivity contribution is 5.34. The first-order valence-electron chi connectivity index (χ1n) is 5.49. The molecule has 4 nitrogen and oxygen atoms in total. The molecule has 15 heavy (non-hydrogen) atoms. The molecule has 0 aliphatic carbocycles. The standard InChI is InChI=1S/C11H18N4/c1-9(2)5-15-6-10(7-15)14-11-3-4-12-8-13-11/h3-4,8-10H,5-7H2,1-2H3,(H,12,13,14). The predicted molar refractivity (Wildman–Crippen MR) is 60.7 cm³/mol. The molecule has 1 N–H and O–H groups in total. The van der Waals surface area contributed by atoms with Crippen LogP contribution in [-0.4, -0.2) is 40.5 Å². The van der Waals surface area contributed by atoms with Gasteiger partial charge in [-0.05, 0) is 12.0 Å². The van der Waals surface area contributed by atoms with Crippen molar-refractivity contribution in [3.05, 3.63) is 18.6 Å². The van der Waals surface area contributed by atoms with Crippen LogP contribution in [0.4, 0.5) is 5.82 Å². The Morgan fingerprint density at radius 2 is 2.33 bits per heavy atom. The van der Waals surface area contributed by atoms with Crippen molar-refractivity contribution in [2.75, 3.05) is 25.0 Å². The second-order valence-electron chi connectivity index (χ2n) is 4.55. The van der Waals surface area contributed by atoms with Crippen molar-refractivity contribution >= 4 is 5.82 Å². The summed E-state index contributed by atoms with van der Waals surface area (Å²) >= 11 is 0. The number of hydrogen-bond acceptors (Lipinski definition) is 4. The number of hydrogen-bond donors (Lipinski definition) is 1. The molecule has 0 atom stereocenters. The van der Waals surface area contributed by atoms with Crippen LogP contribution in [0.1, 0.15) is 13.8 Å². The van der Waals surface area contributed by atoms with Gasteiger partial charge in [0, 0.05) is 25.8 Å². The van der Waals surface area contributed by atoms with Crippen molar-refractivity contribution in [1.82, 2.24) is 14.9 Å². The van der Waals surface area contributed by atoms with E-state index >= 15 is 0 Å². The van der Waals surface area contributed by atoms with Crippen LogP contribution in [0.5, 0.6) is 0 Å². The molecular weight excluding hydrogens is 188 g/mol. The first-order valence-corrected chi connectivity index (χ1v) is 5.49. The molecule has 0 radical (unpaired) electrons. The zero-order valence-corrected chi connectivity index (χ0v) is 9.35. The largest absolute Gasteiger partial charge is 0.365 e. The van der Waals surface area contributed by atoms with Crippen molar-refractivity contribution < 1.29 is 0 Å². The Hall–Kier alpha value is -1.16. The van der Waals surface area contributed by atoms with Crippen LogP contribution in [-0.2, 0) is 0 Å². The Balaban J connectivity index is 1.72. The molecule has 2 rings (SSSR count). The Morgan fingerprint density at radius 3 is 2.93 bits per heavy atom. The molecule has 1 fully saturated rings. The van der Waals surface area contributed by atoms with Gasteiger partial charge in [-0.15, -0.1) is 0 Å². The zero-order chi connectivity index (χ0) is 10.7. The Bertz CT molecular complexity index is 293. The minimum Gasteiger partial charge on any atom is -0.365 e. The van der Waals surface area contributed by atoms with Crippen LogP contribution >= 0.6 is 0 Å². The molecule has 0 spiro atoms. The summed E-state index contributed by atoms with van der Waals surface area (Å²) in [5.74, 6) is 1.68. The molecule has 0 amide bonds. The van der Waals surface area contributed by atoms with E-state index in [1.54, 1.807) is 12.5 Å². The van der Waals surface area contributed by atoms with Crippen molar-refractivity contribution in [2.24, 2.45) is 5.92 Å². The normalized spacial score (nSPS) is 17.8. The van der Waals surface area contributed by atoms with Crippen molar-refractivity contribution in [3.63, 3.8) is 0 Å². The third-order valence-electron chi connectivity index (χ3n) is 2.51. The van der Waals surface area contributed by atoms with Crippen LogP contribution in [0, 0.1) is 5.92 Å². The molecule has 4 heteroatoms. The molecule has 0 aromatic carbocycles. The molecule has 2 heterocycles. The van der Waals surface area contributed by atoms with Gasteiger partial charge in [0.2, 0.25) is 0 Å². The summed E-state index contributed by atoms with van der Waals surface area (Å²) in [5.41, 5.74) is 0. The number of aromatic nitrogens is 2. The highest BCUT2D eigenvalue weighted by atomic mass is 15.3. The summed E-state index contributed by atoms with van der Waals surface area (Å²) in [6, 6.07) is 2.46. The summed E-state index contributed by atoms with van der Waals surface area (Å²) in [6.07, 6.45) is 3.34. The molecule has 82 valence electrons. The Morgan fingerprint density at radius 1 is 1.53 bits per heavy atom. The summed E-state index contributed by atoms with van der Waals surface area (Å²) < 4.78 is 0. The molecular formula is C11H18N4. The Kier molecular flexibility index (Phi) is 3.16. The maximum Gasteiger partial charge on any atom is 0.129 e. The SMILES string of the molecule is CC(C)CN1CC(Nc2ccncn2)C1. The summed E-state index contributed by atoms with van der Waals surface area (Å²) in [6.45, 7) is 7.96. The molecule has 0 bridgehead atoms. The summed E-state index contributed by atoms with van der Waals surface area (Å²) in [7, 11) is 0. The smallest absolute Gasteiger partial charge is 0.129 e. The summed E-state index contributed by atoms with van der Waals surface area (Å²) in [4.78, 5) is 10.5. The number of nitrogens with zero attached hydrogens (tertiary/aromatic N) is 3. The van der Waals surface area contributed by atoms with Crippen LogP contribution in [0.2, 0.25) is 0 Å². The van der Waals surface area contributed by atoms with Gasteiger partial charge in [-0.25, -0.2) is 9.97 Å². The molecule has 1 aliphatic rings. The molecule has 0 unspecified atom stereocenters. The van der Waals surface area contributed by atoms with E-state index in [0.29, 0.717) is 6.04 Å². The van der Waals surface area contributed by atoms with Crippen LogP contribution in [0.3, 0.4) is 0 Å². The van der Waals surface area contributed by atoms with Gasteiger partial charge in [0.05, 0.1) is 6.04 Å². The lowest BCUT2D eigenvalue weighted by atomic mass is 10.1. The third-order valence-corrected chi connectivity index (χ3v) is 2.51. The van der Waals surface area contributed by atoms with Gasteiger partial charge >= 0.3 is 0 Å². The lowest BCUT2D eigenvalue weighted by Crippen LogP contribution is -2.55. The first kappa shape index (κ1) is 10.4. The van der Waals surface area contributed by atoms with Crippen molar-refractivity contribution in [1.29, 1.82) is 0 Å². The van der Waals surface area contributed by atoms with E-state index in [1.807, 2.05) is 6.07 Å². The van der Waals surface area contributed by atoms with Crippen molar-refractivity contribution in [2.45, 2.75) is 19.9 Å². The maximum absolute atomic E-state index is 4.15. The van der Waals surface area contributed by atoms with Gasteiger partial charge < -0.3 is 5.32 Å². The van der Waals surface area contributed by atoms with Gasteiger partial charge in [-0.1, -0.05) is 13.8 Å². The van der Waals surface area contributed by atoms with E-state index in [0.717, 1.165) is 24.8 Å². The van der Waals surface area contributed by atoms with E-state index in [1.165, 1.54) is 6.54 Å². The topological polar surface area (TPSA) is 41.0 Å². The van der Waals surface area contributed by atoms with Gasteiger partial charge in [0.25, 0.3) is 0 Å². The second kappa shape index (κ2) is 4.57. The number of nitrogens with one attached hydrogen (secondary N) is 1. The summed E-state index contributed by atoms with van der Waals surface area (Å²) in [5, 5.41) is 3.39. The fraction of sp³-hybridized carbons (Fsp3) is 0.636. The minimum atomic E-state index is 0.554. The van der Waals surface area contributed by atoms with E-state index in [4.69, 9.17) is 0 Å². The number of rotatable bonds is 4. The first-order chi connectivity index (χ1) is 7.24. The fourth-order valence-electron chi connectivity index (χ4n) is 1.91. The Labute approximate surface area is 90.7 Å². The lowest BCUT2D eigenvalue weighted by Gasteiger charge is -2.40. The van der Waals surface area contributed by atoms with E-state index in [2.05, 4.69) is 34.0 Å². The van der Waals surface area contributed by atoms with Crippen LogP contribution in [0.15, 0.2) is 18.6 Å². The molecule has 1 aromatic heterocycles. The zero-order valence-electron chi connectivity index (χ0n) is 9.35. The molecule has 1 aliphatic heterocycles. The van der Waals surface area contributed by atoms with Crippen LogP contribution < -0.4 is 5.32 Å². The fourth-order valence-corrected chi connectivity index (χ4v) is 1.91. The van der Waals surface area contributed by atoms with Gasteiger partial charge in [0.1, 0.15) is 12.1 Å².